The molecule has 3 aromatic rings. The molecule has 1 fully saturated rings. The molecule has 0 bridgehead atoms. The Morgan fingerprint density at radius 2 is 1.75 bits per heavy atom. The van der Waals surface area contributed by atoms with Crippen LogP contribution in [0.1, 0.15) is 22.8 Å². The Hall–Kier alpha value is -2.92. The number of benzene rings is 2. The molecule has 2 aromatic carbocycles. The molecule has 0 unspecified atom stereocenters. The summed E-state index contributed by atoms with van der Waals surface area (Å²) in [4.78, 5) is 22.6. The predicted molar refractivity (Wildman–Crippen MR) is 115 cm³/mol. The molecule has 2 heterocycles. The molecule has 28 heavy (non-hydrogen) atoms. The summed E-state index contributed by atoms with van der Waals surface area (Å²) < 4.78 is 0. The minimum Gasteiger partial charge on any atom is -0.354 e. The number of amides is 1. The van der Waals surface area contributed by atoms with Crippen LogP contribution in [0.15, 0.2) is 54.6 Å². The fourth-order valence-electron chi connectivity index (χ4n) is 3.69. The molecule has 1 saturated heterocycles. The summed E-state index contributed by atoms with van der Waals surface area (Å²) in [6.45, 7) is 5.93. The second-order valence-electron chi connectivity index (χ2n) is 7.30. The van der Waals surface area contributed by atoms with Gasteiger partial charge in [-0.1, -0.05) is 43.3 Å². The number of aryl methyl sites for hydroxylation is 1. The quantitative estimate of drug-likeness (QED) is 0.755. The highest BCUT2D eigenvalue weighted by Gasteiger charge is 2.19. The van der Waals surface area contributed by atoms with Gasteiger partial charge in [0.2, 0.25) is 0 Å². The van der Waals surface area contributed by atoms with E-state index >= 15 is 0 Å². The van der Waals surface area contributed by atoms with Crippen molar-refractivity contribution >= 4 is 28.3 Å². The number of carbonyl (C=O) groups excluding carboxylic acids is 1. The number of fused-ring (bicyclic) bond motifs is 1. The van der Waals surface area contributed by atoms with Gasteiger partial charge in [0.15, 0.2) is 0 Å². The van der Waals surface area contributed by atoms with Gasteiger partial charge < -0.3 is 15.1 Å². The van der Waals surface area contributed by atoms with E-state index < -0.39 is 0 Å². The number of hydrogen-bond donors (Lipinski definition) is 1. The molecule has 0 aliphatic carbocycles. The van der Waals surface area contributed by atoms with Crippen LogP contribution < -0.4 is 10.2 Å². The van der Waals surface area contributed by atoms with Gasteiger partial charge in [0, 0.05) is 37.3 Å². The fourth-order valence-corrected chi connectivity index (χ4v) is 3.69. The third-order valence-corrected chi connectivity index (χ3v) is 5.42. The van der Waals surface area contributed by atoms with Gasteiger partial charge in [-0.3, -0.25) is 4.79 Å². The second kappa shape index (κ2) is 7.98. The average molecular weight is 374 g/mol. The number of nitrogens with one attached hydrogen (secondary N) is 1. The number of rotatable bonds is 4. The Bertz CT molecular complexity index is 993. The molecule has 1 amide bonds. The van der Waals surface area contributed by atoms with Crippen LogP contribution in [0.4, 0.5) is 11.5 Å². The van der Waals surface area contributed by atoms with E-state index in [-0.39, 0.29) is 5.91 Å². The summed E-state index contributed by atoms with van der Waals surface area (Å²) in [5.41, 5.74) is 3.53. The number of carbonyl (C=O) groups is 1. The molecule has 5 heteroatoms. The SMILES string of the molecule is CCc1ccccc1NC(=O)c1cc(N2CCN(C)CC2)nc2ccccc12. The zero-order chi connectivity index (χ0) is 19.5. The number of aromatic nitrogens is 1. The molecule has 1 aliphatic rings. The summed E-state index contributed by atoms with van der Waals surface area (Å²) in [6, 6.07) is 17.8. The highest BCUT2D eigenvalue weighted by Crippen LogP contribution is 2.25. The van der Waals surface area contributed by atoms with E-state index in [2.05, 4.69) is 35.2 Å². The van der Waals surface area contributed by atoms with E-state index in [1.807, 2.05) is 48.5 Å². The number of piperazine rings is 1. The number of para-hydroxylation sites is 2. The average Bonchev–Trinajstić information content (AvgIpc) is 2.74. The van der Waals surface area contributed by atoms with E-state index in [0.29, 0.717) is 5.56 Å². The summed E-state index contributed by atoms with van der Waals surface area (Å²) in [6.07, 6.45) is 0.875. The lowest BCUT2D eigenvalue weighted by Gasteiger charge is -2.33. The van der Waals surface area contributed by atoms with Crippen LogP contribution in [-0.2, 0) is 6.42 Å². The van der Waals surface area contributed by atoms with E-state index in [4.69, 9.17) is 4.98 Å². The summed E-state index contributed by atoms with van der Waals surface area (Å²) >= 11 is 0. The first-order valence-corrected chi connectivity index (χ1v) is 9.88. The topological polar surface area (TPSA) is 48.5 Å². The van der Waals surface area contributed by atoms with Gasteiger partial charge in [-0.25, -0.2) is 4.98 Å². The third kappa shape index (κ3) is 3.71. The molecular weight excluding hydrogens is 348 g/mol. The van der Waals surface area contributed by atoms with Gasteiger partial charge >= 0.3 is 0 Å². The van der Waals surface area contributed by atoms with E-state index in [0.717, 1.165) is 60.6 Å². The van der Waals surface area contributed by atoms with Crippen LogP contribution in [0, 0.1) is 0 Å². The van der Waals surface area contributed by atoms with E-state index in [1.54, 1.807) is 0 Å². The summed E-state index contributed by atoms with van der Waals surface area (Å²) in [5.74, 6) is 0.788. The lowest BCUT2D eigenvalue weighted by molar-refractivity contribution is 0.102. The summed E-state index contributed by atoms with van der Waals surface area (Å²) in [5, 5.41) is 3.99. The molecular formula is C23H26N4O. The minimum atomic E-state index is -0.0881. The molecule has 0 radical (unpaired) electrons. The molecule has 0 saturated carbocycles. The zero-order valence-electron chi connectivity index (χ0n) is 16.5. The van der Waals surface area contributed by atoms with Gasteiger partial charge in [-0.05, 0) is 37.2 Å². The van der Waals surface area contributed by atoms with Crippen molar-refractivity contribution in [1.29, 1.82) is 0 Å². The van der Waals surface area contributed by atoms with Gasteiger partial charge in [-0.15, -0.1) is 0 Å². The van der Waals surface area contributed by atoms with Gasteiger partial charge in [-0.2, -0.15) is 0 Å². The maximum Gasteiger partial charge on any atom is 0.256 e. The number of hydrogen-bond acceptors (Lipinski definition) is 4. The van der Waals surface area contributed by atoms with Crippen molar-refractivity contribution in [2.75, 3.05) is 43.4 Å². The van der Waals surface area contributed by atoms with Crippen LogP contribution in [0.25, 0.3) is 10.9 Å². The fraction of sp³-hybridized carbons (Fsp3) is 0.304. The predicted octanol–water partition coefficient (Wildman–Crippen LogP) is 3.80. The standard InChI is InChI=1S/C23H26N4O/c1-3-17-8-4-6-10-20(17)25-23(28)19-16-22(27-14-12-26(2)13-15-27)24-21-11-7-5-9-18(19)21/h4-11,16H,3,12-15H2,1-2H3,(H,25,28). The number of anilines is 2. The van der Waals surface area contributed by atoms with Crippen LogP contribution in [0.3, 0.4) is 0 Å². The molecule has 5 nitrogen and oxygen atoms in total. The normalized spacial score (nSPS) is 15.0. The first-order valence-electron chi connectivity index (χ1n) is 9.88. The molecule has 144 valence electrons. The largest absolute Gasteiger partial charge is 0.354 e. The Labute approximate surface area is 166 Å². The molecule has 0 atom stereocenters. The lowest BCUT2D eigenvalue weighted by Crippen LogP contribution is -2.44. The van der Waals surface area contributed by atoms with Crippen LogP contribution >= 0.6 is 0 Å². The van der Waals surface area contributed by atoms with Crippen molar-refractivity contribution in [3.05, 3.63) is 65.7 Å². The minimum absolute atomic E-state index is 0.0881. The Morgan fingerprint density at radius 3 is 2.54 bits per heavy atom. The maximum absolute atomic E-state index is 13.2. The molecule has 1 N–H and O–H groups in total. The highest BCUT2D eigenvalue weighted by atomic mass is 16.1. The third-order valence-electron chi connectivity index (χ3n) is 5.42. The number of nitrogens with zero attached hydrogens (tertiary/aromatic N) is 3. The highest BCUT2D eigenvalue weighted by molar-refractivity contribution is 6.13. The molecule has 0 spiro atoms. The monoisotopic (exact) mass is 374 g/mol. The number of pyridine rings is 1. The first kappa shape index (κ1) is 18.4. The molecule has 4 rings (SSSR count). The zero-order valence-corrected chi connectivity index (χ0v) is 16.5. The van der Waals surface area contributed by atoms with Gasteiger partial charge in [0.25, 0.3) is 5.91 Å². The first-order chi connectivity index (χ1) is 13.7. The van der Waals surface area contributed by atoms with Crippen molar-refractivity contribution < 1.29 is 4.79 Å². The smallest absolute Gasteiger partial charge is 0.256 e. The second-order valence-corrected chi connectivity index (χ2v) is 7.30. The van der Waals surface area contributed by atoms with Crippen molar-refractivity contribution in [3.8, 4) is 0 Å². The summed E-state index contributed by atoms with van der Waals surface area (Å²) in [7, 11) is 2.13. The van der Waals surface area contributed by atoms with Crippen molar-refractivity contribution in [1.82, 2.24) is 9.88 Å². The van der Waals surface area contributed by atoms with E-state index in [9.17, 15) is 4.79 Å². The lowest BCUT2D eigenvalue weighted by atomic mass is 10.1. The Kier molecular flexibility index (Phi) is 5.26. The Morgan fingerprint density at radius 1 is 1.04 bits per heavy atom. The Balaban J connectivity index is 1.71. The van der Waals surface area contributed by atoms with Crippen molar-refractivity contribution in [2.24, 2.45) is 0 Å². The molecule has 1 aliphatic heterocycles. The van der Waals surface area contributed by atoms with Crippen molar-refractivity contribution in [2.45, 2.75) is 13.3 Å². The van der Waals surface area contributed by atoms with Crippen LogP contribution in [0.2, 0.25) is 0 Å². The van der Waals surface area contributed by atoms with Gasteiger partial charge in [0.1, 0.15) is 5.82 Å². The molecule has 1 aromatic heterocycles. The van der Waals surface area contributed by atoms with Crippen molar-refractivity contribution in [3.63, 3.8) is 0 Å². The van der Waals surface area contributed by atoms with Crippen LogP contribution in [0.5, 0.6) is 0 Å². The van der Waals surface area contributed by atoms with Gasteiger partial charge in [0.05, 0.1) is 11.1 Å². The maximum atomic E-state index is 13.2. The van der Waals surface area contributed by atoms with Crippen LogP contribution in [-0.4, -0.2) is 49.0 Å². The van der Waals surface area contributed by atoms with E-state index in [1.165, 1.54) is 0 Å². The number of likely N-dealkylation sites (N-methyl/N-ethyl adjacent to an activating group) is 1.